The first kappa shape index (κ1) is 22.0. The van der Waals surface area contributed by atoms with Crippen LogP contribution in [0.1, 0.15) is 5.56 Å². The third-order valence-electron chi connectivity index (χ3n) is 4.24. The van der Waals surface area contributed by atoms with E-state index in [1.54, 1.807) is 24.3 Å². The van der Waals surface area contributed by atoms with E-state index in [0.29, 0.717) is 11.4 Å². The van der Waals surface area contributed by atoms with Crippen LogP contribution in [0.2, 0.25) is 0 Å². The second-order valence-electron chi connectivity index (χ2n) is 6.61. The number of hydrazone groups is 1. The molecule has 1 fully saturated rings. The molecule has 0 atom stereocenters. The molecule has 1 N–H and O–H groups in total. The number of benzene rings is 2. The highest BCUT2D eigenvalue weighted by molar-refractivity contribution is 8.00. The SMILES string of the molecule is COc1ccc(N(CC(=O)N/N=C/c2ccc(OC3CSC3)cc2)S(C)(=O)=O)cc1. The minimum Gasteiger partial charge on any atom is -0.497 e. The Hall–Kier alpha value is -2.72. The highest BCUT2D eigenvalue weighted by atomic mass is 32.2. The van der Waals surface area contributed by atoms with Crippen LogP contribution in [0.4, 0.5) is 5.69 Å². The maximum absolute atomic E-state index is 12.2. The van der Waals surface area contributed by atoms with Crippen LogP contribution in [-0.2, 0) is 14.8 Å². The number of amides is 1. The molecule has 0 unspecified atom stereocenters. The van der Waals surface area contributed by atoms with Crippen LogP contribution in [0.25, 0.3) is 0 Å². The molecule has 0 bridgehead atoms. The van der Waals surface area contributed by atoms with Crippen molar-refractivity contribution in [2.75, 3.05) is 35.7 Å². The molecule has 30 heavy (non-hydrogen) atoms. The predicted octanol–water partition coefficient (Wildman–Crippen LogP) is 2.11. The molecule has 0 radical (unpaired) electrons. The second-order valence-corrected chi connectivity index (χ2v) is 9.59. The summed E-state index contributed by atoms with van der Waals surface area (Å²) < 4.78 is 36.1. The van der Waals surface area contributed by atoms with E-state index in [4.69, 9.17) is 9.47 Å². The van der Waals surface area contributed by atoms with E-state index in [1.807, 2.05) is 36.0 Å². The summed E-state index contributed by atoms with van der Waals surface area (Å²) in [5.74, 6) is 2.84. The summed E-state index contributed by atoms with van der Waals surface area (Å²) in [6, 6.07) is 13.8. The van der Waals surface area contributed by atoms with Crippen LogP contribution in [0.5, 0.6) is 11.5 Å². The molecule has 2 aromatic rings. The molecule has 0 aliphatic carbocycles. The van der Waals surface area contributed by atoms with Gasteiger partial charge >= 0.3 is 0 Å². The molecule has 1 aliphatic rings. The summed E-state index contributed by atoms with van der Waals surface area (Å²) >= 11 is 1.85. The number of ether oxygens (including phenoxy) is 2. The first-order valence-electron chi connectivity index (χ1n) is 9.13. The number of carbonyl (C=O) groups is 1. The van der Waals surface area contributed by atoms with Gasteiger partial charge in [0, 0.05) is 11.5 Å². The molecule has 3 rings (SSSR count). The van der Waals surface area contributed by atoms with Crippen LogP contribution in [0.3, 0.4) is 0 Å². The highest BCUT2D eigenvalue weighted by Crippen LogP contribution is 2.24. The van der Waals surface area contributed by atoms with E-state index in [9.17, 15) is 13.2 Å². The fourth-order valence-electron chi connectivity index (χ4n) is 2.60. The van der Waals surface area contributed by atoms with Gasteiger partial charge in [-0.15, -0.1) is 0 Å². The van der Waals surface area contributed by atoms with Gasteiger partial charge in [0.25, 0.3) is 5.91 Å². The van der Waals surface area contributed by atoms with Crippen molar-refractivity contribution in [1.29, 1.82) is 0 Å². The number of methoxy groups -OCH3 is 1. The van der Waals surface area contributed by atoms with E-state index < -0.39 is 22.5 Å². The number of thioether (sulfide) groups is 1. The summed E-state index contributed by atoms with van der Waals surface area (Å²) in [6.07, 6.45) is 2.80. The first-order valence-corrected chi connectivity index (χ1v) is 12.1. The van der Waals surface area contributed by atoms with Gasteiger partial charge in [-0.05, 0) is 54.1 Å². The average molecular weight is 450 g/mol. The molecular weight excluding hydrogens is 426 g/mol. The van der Waals surface area contributed by atoms with Gasteiger partial charge in [-0.1, -0.05) is 0 Å². The molecular formula is C20H23N3O5S2. The van der Waals surface area contributed by atoms with E-state index in [1.165, 1.54) is 13.3 Å². The normalized spacial score (nSPS) is 14.2. The molecule has 0 spiro atoms. The maximum atomic E-state index is 12.2. The van der Waals surface area contributed by atoms with Crippen molar-refractivity contribution in [3.05, 3.63) is 54.1 Å². The monoisotopic (exact) mass is 449 g/mol. The lowest BCUT2D eigenvalue weighted by atomic mass is 10.2. The fraction of sp³-hybridized carbons (Fsp3) is 0.300. The number of nitrogens with zero attached hydrogens (tertiary/aromatic N) is 2. The Morgan fingerprint density at radius 1 is 1.17 bits per heavy atom. The summed E-state index contributed by atoms with van der Waals surface area (Å²) in [5, 5.41) is 3.91. The van der Waals surface area contributed by atoms with E-state index in [2.05, 4.69) is 10.5 Å². The molecule has 1 aliphatic heterocycles. The largest absolute Gasteiger partial charge is 0.497 e. The second kappa shape index (κ2) is 9.86. The number of carbonyl (C=O) groups excluding carboxylic acids is 1. The minimum absolute atomic E-state index is 0.275. The third-order valence-corrected chi connectivity index (χ3v) is 6.60. The average Bonchev–Trinajstić information content (AvgIpc) is 2.69. The Morgan fingerprint density at radius 2 is 1.80 bits per heavy atom. The maximum Gasteiger partial charge on any atom is 0.260 e. The molecule has 0 saturated carbocycles. The lowest BCUT2D eigenvalue weighted by Gasteiger charge is -2.25. The Balaban J connectivity index is 1.56. The summed E-state index contributed by atoms with van der Waals surface area (Å²) in [4.78, 5) is 12.2. The molecule has 1 saturated heterocycles. The number of hydrogen-bond acceptors (Lipinski definition) is 7. The molecule has 1 amide bonds. The van der Waals surface area contributed by atoms with E-state index >= 15 is 0 Å². The molecule has 10 heteroatoms. The van der Waals surface area contributed by atoms with Crippen molar-refractivity contribution in [3.63, 3.8) is 0 Å². The van der Waals surface area contributed by atoms with E-state index in [0.717, 1.165) is 33.4 Å². The Labute approximate surface area is 180 Å². The standard InChI is InChI=1S/C20H23N3O5S2/c1-27-17-9-5-16(6-10-17)23(30(2,25)26)12-20(24)22-21-11-15-3-7-18(8-4-15)28-19-13-29-14-19/h3-11,19H,12-14H2,1-2H3,(H,22,24)/b21-11+. The zero-order valence-corrected chi connectivity index (χ0v) is 18.3. The zero-order valence-electron chi connectivity index (χ0n) is 16.6. The molecule has 0 aromatic heterocycles. The molecule has 1 heterocycles. The topological polar surface area (TPSA) is 97.3 Å². The van der Waals surface area contributed by atoms with Crippen molar-refractivity contribution >= 4 is 39.6 Å². The van der Waals surface area contributed by atoms with E-state index in [-0.39, 0.29) is 6.10 Å². The minimum atomic E-state index is -3.66. The quantitative estimate of drug-likeness (QED) is 0.465. The van der Waals surface area contributed by atoms with Gasteiger partial charge in [-0.25, -0.2) is 13.8 Å². The number of sulfonamides is 1. The molecule has 8 nitrogen and oxygen atoms in total. The van der Waals surface area contributed by atoms with Crippen LogP contribution in [-0.4, -0.2) is 58.1 Å². The van der Waals surface area contributed by atoms with Crippen molar-refractivity contribution < 1.29 is 22.7 Å². The van der Waals surface area contributed by atoms with Gasteiger partial charge in [-0.2, -0.15) is 16.9 Å². The third kappa shape index (κ3) is 6.14. The van der Waals surface area contributed by atoms with Crippen LogP contribution in [0.15, 0.2) is 53.6 Å². The smallest absolute Gasteiger partial charge is 0.260 e. The molecule has 2 aromatic carbocycles. The zero-order chi connectivity index (χ0) is 21.6. The lowest BCUT2D eigenvalue weighted by molar-refractivity contribution is -0.119. The fourth-order valence-corrected chi connectivity index (χ4v) is 4.02. The van der Waals surface area contributed by atoms with Gasteiger partial charge in [0.1, 0.15) is 24.1 Å². The van der Waals surface area contributed by atoms with Crippen LogP contribution >= 0.6 is 11.8 Å². The van der Waals surface area contributed by atoms with Crippen molar-refractivity contribution in [2.24, 2.45) is 5.10 Å². The molecule has 160 valence electrons. The van der Waals surface area contributed by atoms with Crippen LogP contribution in [0, 0.1) is 0 Å². The number of nitrogens with one attached hydrogen (secondary N) is 1. The van der Waals surface area contributed by atoms with Crippen molar-refractivity contribution in [3.8, 4) is 11.5 Å². The lowest BCUT2D eigenvalue weighted by Crippen LogP contribution is -2.39. The first-order chi connectivity index (χ1) is 14.3. The van der Waals surface area contributed by atoms with Crippen LogP contribution < -0.4 is 19.2 Å². The van der Waals surface area contributed by atoms with Gasteiger partial charge in [-0.3, -0.25) is 9.10 Å². The van der Waals surface area contributed by atoms with Gasteiger partial charge in [0.15, 0.2) is 0 Å². The highest BCUT2D eigenvalue weighted by Gasteiger charge is 2.21. The van der Waals surface area contributed by atoms with Gasteiger partial charge < -0.3 is 9.47 Å². The van der Waals surface area contributed by atoms with Gasteiger partial charge in [0.2, 0.25) is 10.0 Å². The van der Waals surface area contributed by atoms with Crippen molar-refractivity contribution in [2.45, 2.75) is 6.10 Å². The predicted molar refractivity (Wildman–Crippen MR) is 119 cm³/mol. The number of anilines is 1. The Kier molecular flexibility index (Phi) is 7.22. The number of rotatable bonds is 9. The Morgan fingerprint density at radius 3 is 2.33 bits per heavy atom. The van der Waals surface area contributed by atoms with Gasteiger partial charge in [0.05, 0.1) is 25.3 Å². The summed E-state index contributed by atoms with van der Waals surface area (Å²) in [5.41, 5.74) is 3.49. The van der Waals surface area contributed by atoms with Crippen molar-refractivity contribution in [1.82, 2.24) is 5.43 Å². The summed E-state index contributed by atoms with van der Waals surface area (Å²) in [7, 11) is -2.14. The number of hydrogen-bond donors (Lipinski definition) is 1. The Bertz CT molecular complexity index is 988. The summed E-state index contributed by atoms with van der Waals surface area (Å²) in [6.45, 7) is -0.394.